The van der Waals surface area contributed by atoms with Crippen LogP contribution in [0.2, 0.25) is 0 Å². The van der Waals surface area contributed by atoms with Gasteiger partial charge in [-0.15, -0.1) is 0 Å². The molecular weight excluding hydrogens is 404 g/mol. The second-order valence-electron chi connectivity index (χ2n) is 6.55. The molecule has 0 saturated carbocycles. The molecule has 0 bridgehead atoms. The normalized spacial score (nSPS) is 56.2. The fourth-order valence-electron chi connectivity index (χ4n) is 3.12. The van der Waals surface area contributed by atoms with Crippen LogP contribution in [0.1, 0.15) is 13.8 Å². The van der Waals surface area contributed by atoms with Gasteiger partial charge in [-0.25, -0.2) is 0 Å². The lowest BCUT2D eigenvalue weighted by molar-refractivity contribution is -0.0299. The fraction of sp³-hybridized carbons (Fsp3) is 1.00. The van der Waals surface area contributed by atoms with Crippen molar-refractivity contribution in [3.63, 3.8) is 0 Å². The van der Waals surface area contributed by atoms with Gasteiger partial charge in [-0.2, -0.15) is 0 Å². The van der Waals surface area contributed by atoms with E-state index in [1.54, 1.807) is 13.8 Å². The molecule has 0 aromatic carbocycles. The van der Waals surface area contributed by atoms with Crippen LogP contribution in [0.15, 0.2) is 0 Å². The van der Waals surface area contributed by atoms with Gasteiger partial charge >= 0.3 is 0 Å². The largest absolute Gasteiger partial charge is 0.388 e. The molecular formula is C12H20B2O9P2S. The minimum Gasteiger partial charge on any atom is -0.388 e. The van der Waals surface area contributed by atoms with E-state index in [1.807, 2.05) is 0 Å². The topological polar surface area (TPSA) is 113 Å². The van der Waals surface area contributed by atoms with Crippen molar-refractivity contribution in [2.75, 3.05) is 13.2 Å². The van der Waals surface area contributed by atoms with Gasteiger partial charge in [-0.1, -0.05) is 0 Å². The lowest BCUT2D eigenvalue weighted by atomic mass is 10.1. The van der Waals surface area contributed by atoms with Crippen LogP contribution in [0, 0.1) is 0 Å². The molecule has 9 nitrogen and oxygen atoms in total. The molecule has 3 aliphatic rings. The van der Waals surface area contributed by atoms with Gasteiger partial charge in [0, 0.05) is 0 Å². The van der Waals surface area contributed by atoms with Crippen LogP contribution in [0.25, 0.3) is 0 Å². The SMILES string of the molecule is [B]P1(=O)OC[C@H]2O[C@@H](C)[C@@H](O)C2OP([B])(=S)OC[C@H]2O[C@@H](C)[C@@H](O)C2O1. The molecule has 3 aliphatic heterocycles. The summed E-state index contributed by atoms with van der Waals surface area (Å²) in [4.78, 5) is 0. The van der Waals surface area contributed by atoms with Gasteiger partial charge in [0.25, 0.3) is 7.47 Å². The molecule has 0 amide bonds. The lowest BCUT2D eigenvalue weighted by Crippen LogP contribution is -2.39. The third-order valence-corrected chi connectivity index (χ3v) is 7.19. The standard InChI is InChI=1S/C12H20B2O9P2S/c1-5-9(15)11-8(21-5)4-19-25(14,26)23-12-7(20-6(2)10(12)16)3-18-24(13,17)22-11/h5-12,15-16H,3-4H2,1-2H3/t5-,6-,7+,8+,9+,10+,11?,12?,24?,25?/m0/s1. The molecule has 0 aliphatic carbocycles. The van der Waals surface area contributed by atoms with E-state index in [1.165, 1.54) is 0 Å². The van der Waals surface area contributed by atoms with Crippen LogP contribution >= 0.6 is 13.8 Å². The predicted molar refractivity (Wildman–Crippen MR) is 95.7 cm³/mol. The van der Waals surface area contributed by atoms with Crippen molar-refractivity contribution in [2.24, 2.45) is 0 Å². The molecule has 0 aromatic rings. The lowest BCUT2D eigenvalue weighted by Gasteiger charge is -2.32. The number of ether oxygens (including phenoxy) is 2. The maximum Gasteiger partial charge on any atom is 0.264 e. The second-order valence-corrected chi connectivity index (χ2v) is 11.2. The van der Waals surface area contributed by atoms with Crippen molar-refractivity contribution >= 4 is 40.8 Å². The van der Waals surface area contributed by atoms with E-state index in [0.717, 1.165) is 0 Å². The second kappa shape index (κ2) is 7.84. The van der Waals surface area contributed by atoms with Crippen molar-refractivity contribution < 1.29 is 42.3 Å². The van der Waals surface area contributed by atoms with E-state index in [4.69, 9.17) is 54.5 Å². The smallest absolute Gasteiger partial charge is 0.264 e. The van der Waals surface area contributed by atoms with Gasteiger partial charge in [-0.3, -0.25) is 4.57 Å². The number of hydrogen-bond donors (Lipinski definition) is 2. The Morgan fingerprint density at radius 3 is 1.92 bits per heavy atom. The molecule has 3 fully saturated rings. The summed E-state index contributed by atoms with van der Waals surface area (Å²) in [5, 5.41) is 20.4. The fourth-order valence-corrected chi connectivity index (χ4v) is 5.64. The summed E-state index contributed by atoms with van der Waals surface area (Å²) < 4.78 is 45.2. The third kappa shape index (κ3) is 4.63. The van der Waals surface area contributed by atoms with Gasteiger partial charge < -0.3 is 37.8 Å². The zero-order valence-electron chi connectivity index (χ0n) is 14.2. The molecule has 4 radical (unpaired) electrons. The van der Waals surface area contributed by atoms with Gasteiger partial charge in [0.05, 0.1) is 25.4 Å². The first kappa shape index (κ1) is 21.4. The summed E-state index contributed by atoms with van der Waals surface area (Å²) in [6.07, 6.45) is -10.2. The highest BCUT2D eigenvalue weighted by Crippen LogP contribution is 2.51. The molecule has 2 N–H and O–H groups in total. The Morgan fingerprint density at radius 1 is 0.923 bits per heavy atom. The Morgan fingerprint density at radius 2 is 1.38 bits per heavy atom. The van der Waals surface area contributed by atoms with E-state index in [0.29, 0.717) is 0 Å². The van der Waals surface area contributed by atoms with E-state index < -0.39 is 62.7 Å². The Balaban J connectivity index is 1.85. The van der Waals surface area contributed by atoms with E-state index >= 15 is 0 Å². The highest BCUT2D eigenvalue weighted by molar-refractivity contribution is 8.21. The van der Waals surface area contributed by atoms with Crippen molar-refractivity contribution in [1.82, 2.24) is 0 Å². The highest BCUT2D eigenvalue weighted by atomic mass is 32.4. The molecule has 0 spiro atoms. The number of aliphatic hydroxyl groups is 2. The Hall–Kier alpha value is 0.690. The van der Waals surface area contributed by atoms with Crippen molar-refractivity contribution in [2.45, 2.75) is 62.7 Å². The van der Waals surface area contributed by atoms with Gasteiger partial charge in [0.15, 0.2) is 7.57 Å². The molecule has 26 heavy (non-hydrogen) atoms. The van der Waals surface area contributed by atoms with E-state index in [9.17, 15) is 14.8 Å². The first-order chi connectivity index (χ1) is 12.0. The summed E-state index contributed by atoms with van der Waals surface area (Å²) in [7, 11) is 7.54. The summed E-state index contributed by atoms with van der Waals surface area (Å²) in [5.74, 6) is 0. The van der Waals surface area contributed by atoms with Crippen LogP contribution in [0.3, 0.4) is 0 Å². The molecule has 144 valence electrons. The molecule has 3 rings (SSSR count). The van der Waals surface area contributed by atoms with Crippen molar-refractivity contribution in [3.8, 4) is 0 Å². The molecule has 10 atom stereocenters. The monoisotopic (exact) mass is 424 g/mol. The van der Waals surface area contributed by atoms with Gasteiger partial charge in [-0.05, 0) is 25.7 Å². The molecule has 3 saturated heterocycles. The highest BCUT2D eigenvalue weighted by Gasteiger charge is 2.48. The minimum absolute atomic E-state index is 0.177. The minimum atomic E-state index is -4.05. The summed E-state index contributed by atoms with van der Waals surface area (Å²) in [5.41, 5.74) is 0. The average molecular weight is 424 g/mol. The third-order valence-electron chi connectivity index (χ3n) is 4.52. The van der Waals surface area contributed by atoms with Crippen LogP contribution in [0.5, 0.6) is 0 Å². The summed E-state index contributed by atoms with van der Waals surface area (Å²) in [6.45, 7) is 2.78. The number of fused-ring (bicyclic) bond motifs is 2. The van der Waals surface area contributed by atoms with Crippen molar-refractivity contribution in [3.05, 3.63) is 0 Å². The zero-order valence-corrected chi connectivity index (χ0v) is 16.8. The predicted octanol–water partition coefficient (Wildman–Crippen LogP) is -0.230. The average Bonchev–Trinajstić information content (AvgIpc) is 2.95. The maximum atomic E-state index is 12.5. The number of aliphatic hydroxyl groups excluding tert-OH is 2. The molecule has 4 unspecified atom stereocenters. The van der Waals surface area contributed by atoms with Crippen LogP contribution in [-0.2, 0) is 43.9 Å². The number of rotatable bonds is 0. The Kier molecular flexibility index (Phi) is 6.45. The van der Waals surface area contributed by atoms with E-state index in [-0.39, 0.29) is 13.2 Å². The molecule has 3 heterocycles. The molecule has 0 aromatic heterocycles. The Bertz CT molecular complexity index is 576. The summed E-state index contributed by atoms with van der Waals surface area (Å²) in [6, 6.07) is 0. The van der Waals surface area contributed by atoms with Gasteiger partial charge in [0.2, 0.25) is 7.57 Å². The van der Waals surface area contributed by atoms with Crippen LogP contribution in [0.4, 0.5) is 0 Å². The number of hydrogen-bond acceptors (Lipinski definition) is 10. The zero-order chi connectivity index (χ0) is 19.3. The van der Waals surface area contributed by atoms with Gasteiger partial charge in [0.1, 0.15) is 43.0 Å². The summed E-state index contributed by atoms with van der Waals surface area (Å²) >= 11 is 5.20. The first-order valence-corrected chi connectivity index (χ1v) is 12.4. The Labute approximate surface area is 159 Å². The van der Waals surface area contributed by atoms with E-state index in [2.05, 4.69) is 0 Å². The maximum absolute atomic E-state index is 12.5. The van der Waals surface area contributed by atoms with Crippen molar-refractivity contribution in [1.29, 1.82) is 0 Å². The van der Waals surface area contributed by atoms with Crippen LogP contribution < -0.4 is 0 Å². The quantitative estimate of drug-likeness (QED) is 0.400. The van der Waals surface area contributed by atoms with Crippen LogP contribution in [-0.4, -0.2) is 87.4 Å². The molecule has 14 heteroatoms. The first-order valence-electron chi connectivity index (χ1n) is 8.09.